The van der Waals surface area contributed by atoms with E-state index in [2.05, 4.69) is 18.0 Å². The van der Waals surface area contributed by atoms with Gasteiger partial charge in [-0.1, -0.05) is 11.6 Å². The number of carboxylic acid groups (broad SMARTS) is 1. The van der Waals surface area contributed by atoms with Crippen LogP contribution in [0.25, 0.3) is 0 Å². The Kier molecular flexibility index (Phi) is 8.11. The number of fused-ring (bicyclic) bond motifs is 1. The third-order valence-corrected chi connectivity index (χ3v) is 7.49. The van der Waals surface area contributed by atoms with Gasteiger partial charge in [-0.15, -0.1) is 12.4 Å². The van der Waals surface area contributed by atoms with Crippen molar-refractivity contribution in [2.75, 3.05) is 38.1 Å². The highest BCUT2D eigenvalue weighted by atomic mass is 35.5. The van der Waals surface area contributed by atoms with E-state index in [1.54, 1.807) is 0 Å². The summed E-state index contributed by atoms with van der Waals surface area (Å²) in [6, 6.07) is 4.50. The van der Waals surface area contributed by atoms with Gasteiger partial charge >= 0.3 is 12.0 Å². The first kappa shape index (κ1) is 24.1. The smallest absolute Gasteiger partial charge is 0.324 e. The van der Waals surface area contributed by atoms with Crippen LogP contribution >= 0.6 is 24.0 Å². The Bertz CT molecular complexity index is 812. The molecule has 0 bridgehead atoms. The van der Waals surface area contributed by atoms with E-state index in [0.29, 0.717) is 12.5 Å². The number of benzene rings is 1. The van der Waals surface area contributed by atoms with Gasteiger partial charge in [-0.3, -0.25) is 9.69 Å². The van der Waals surface area contributed by atoms with Crippen LogP contribution in [-0.2, 0) is 17.6 Å². The minimum Gasteiger partial charge on any atom is -0.481 e. The molecule has 172 valence electrons. The van der Waals surface area contributed by atoms with E-state index in [1.165, 1.54) is 11.1 Å². The van der Waals surface area contributed by atoms with Crippen molar-refractivity contribution < 1.29 is 14.7 Å². The number of likely N-dealkylation sites (N-methyl/N-ethyl adjacent to an activating group) is 1. The minimum atomic E-state index is -0.714. The number of hydrogen-bond donors (Lipinski definition) is 1. The zero-order valence-corrected chi connectivity index (χ0v) is 19.8. The Morgan fingerprint density at radius 1 is 1.10 bits per heavy atom. The molecule has 3 aliphatic rings. The molecule has 1 N–H and O–H groups in total. The fourth-order valence-electron chi connectivity index (χ4n) is 5.27. The molecule has 2 amide bonds. The maximum atomic E-state index is 13.2. The summed E-state index contributed by atoms with van der Waals surface area (Å²) in [4.78, 5) is 30.3. The molecule has 6 nitrogen and oxygen atoms in total. The SMILES string of the molecule is CN1CCc2cc(N3CCN([C@H]4CC[C@H](CCC(=O)O)CC4)C3=O)cc(Cl)c2CC1.Cl. The molecule has 8 heteroatoms. The van der Waals surface area contributed by atoms with Crippen molar-refractivity contribution in [2.45, 2.75) is 57.4 Å². The van der Waals surface area contributed by atoms with Gasteiger partial charge in [0.15, 0.2) is 0 Å². The standard InChI is InChI=1S/C23H32ClN3O3.ClH/c1-25-10-8-17-14-19(15-21(24)20(17)9-11-25)27-13-12-26(23(27)30)18-5-2-16(3-6-18)4-7-22(28)29;/h14-16,18H,2-13H2,1H3,(H,28,29);1H/t16-,18-;. The molecule has 0 unspecified atom stereocenters. The van der Waals surface area contributed by atoms with Gasteiger partial charge in [-0.05, 0) is 81.2 Å². The highest BCUT2D eigenvalue weighted by molar-refractivity contribution is 6.31. The summed E-state index contributed by atoms with van der Waals surface area (Å²) in [5.41, 5.74) is 3.42. The Hall–Kier alpha value is -1.50. The molecule has 2 aliphatic heterocycles. The molecule has 0 aromatic heterocycles. The monoisotopic (exact) mass is 469 g/mol. The summed E-state index contributed by atoms with van der Waals surface area (Å²) < 4.78 is 0. The zero-order valence-electron chi connectivity index (χ0n) is 18.2. The summed E-state index contributed by atoms with van der Waals surface area (Å²) in [6.45, 7) is 3.48. The molecule has 1 saturated carbocycles. The molecule has 0 atom stereocenters. The summed E-state index contributed by atoms with van der Waals surface area (Å²) in [7, 11) is 2.14. The molecular weight excluding hydrogens is 437 g/mol. The van der Waals surface area contributed by atoms with Crippen LogP contribution in [0.1, 0.15) is 49.7 Å². The number of rotatable bonds is 5. The van der Waals surface area contributed by atoms with Gasteiger partial charge < -0.3 is 14.9 Å². The summed E-state index contributed by atoms with van der Waals surface area (Å²) in [5.74, 6) is -0.235. The number of nitrogens with zero attached hydrogens (tertiary/aromatic N) is 3. The topological polar surface area (TPSA) is 64.1 Å². The lowest BCUT2D eigenvalue weighted by Crippen LogP contribution is -2.41. The zero-order chi connectivity index (χ0) is 21.3. The van der Waals surface area contributed by atoms with Crippen molar-refractivity contribution >= 4 is 41.7 Å². The average molecular weight is 470 g/mol. The second-order valence-electron chi connectivity index (χ2n) is 9.10. The number of amides is 2. The minimum absolute atomic E-state index is 0. The summed E-state index contributed by atoms with van der Waals surface area (Å²) >= 11 is 6.63. The fraction of sp³-hybridized carbons (Fsp3) is 0.652. The molecule has 1 aromatic rings. The quantitative estimate of drug-likeness (QED) is 0.691. The van der Waals surface area contributed by atoms with Gasteiger partial charge in [0.2, 0.25) is 0 Å². The first-order valence-corrected chi connectivity index (χ1v) is 11.6. The van der Waals surface area contributed by atoms with E-state index in [-0.39, 0.29) is 30.9 Å². The Morgan fingerprint density at radius 2 is 1.81 bits per heavy atom. The largest absolute Gasteiger partial charge is 0.481 e. The van der Waals surface area contributed by atoms with E-state index in [1.807, 2.05) is 15.9 Å². The number of anilines is 1. The van der Waals surface area contributed by atoms with Gasteiger partial charge in [0.25, 0.3) is 0 Å². The number of carbonyl (C=O) groups excluding carboxylic acids is 1. The first-order valence-electron chi connectivity index (χ1n) is 11.2. The van der Waals surface area contributed by atoms with Crippen molar-refractivity contribution in [1.29, 1.82) is 0 Å². The van der Waals surface area contributed by atoms with Gasteiger partial charge in [0.1, 0.15) is 0 Å². The third-order valence-electron chi connectivity index (χ3n) is 7.16. The van der Waals surface area contributed by atoms with Crippen LogP contribution in [0.2, 0.25) is 5.02 Å². The van der Waals surface area contributed by atoms with E-state index >= 15 is 0 Å². The molecule has 2 heterocycles. The number of urea groups is 1. The third kappa shape index (κ3) is 5.47. The van der Waals surface area contributed by atoms with Crippen molar-refractivity contribution in [1.82, 2.24) is 9.80 Å². The van der Waals surface area contributed by atoms with Crippen LogP contribution in [0.3, 0.4) is 0 Å². The Morgan fingerprint density at radius 3 is 2.52 bits per heavy atom. The van der Waals surface area contributed by atoms with Crippen LogP contribution in [0.5, 0.6) is 0 Å². The second-order valence-corrected chi connectivity index (χ2v) is 9.51. The Labute approximate surface area is 195 Å². The molecule has 1 aromatic carbocycles. The van der Waals surface area contributed by atoms with Crippen LogP contribution in [0, 0.1) is 5.92 Å². The van der Waals surface area contributed by atoms with Crippen LogP contribution in [0.15, 0.2) is 12.1 Å². The molecule has 4 rings (SSSR count). The molecule has 1 aliphatic carbocycles. The molecule has 2 fully saturated rings. The summed E-state index contributed by atoms with van der Waals surface area (Å²) in [6.07, 6.45) is 6.90. The van der Waals surface area contributed by atoms with E-state index in [0.717, 1.165) is 75.3 Å². The van der Waals surface area contributed by atoms with Crippen LogP contribution in [-0.4, -0.2) is 66.2 Å². The van der Waals surface area contributed by atoms with Crippen molar-refractivity contribution in [2.24, 2.45) is 5.92 Å². The van der Waals surface area contributed by atoms with E-state index in [4.69, 9.17) is 16.7 Å². The van der Waals surface area contributed by atoms with Gasteiger partial charge in [0, 0.05) is 49.4 Å². The van der Waals surface area contributed by atoms with Gasteiger partial charge in [-0.2, -0.15) is 0 Å². The molecule has 1 saturated heterocycles. The second kappa shape index (κ2) is 10.4. The highest BCUT2D eigenvalue weighted by Gasteiger charge is 2.36. The maximum absolute atomic E-state index is 13.2. The van der Waals surface area contributed by atoms with Gasteiger partial charge in [-0.25, -0.2) is 4.79 Å². The number of halogens is 2. The van der Waals surface area contributed by atoms with Crippen LogP contribution in [0.4, 0.5) is 10.5 Å². The number of hydrogen-bond acceptors (Lipinski definition) is 3. The fourth-order valence-corrected chi connectivity index (χ4v) is 5.60. The molecule has 31 heavy (non-hydrogen) atoms. The lowest BCUT2D eigenvalue weighted by atomic mass is 9.83. The number of carboxylic acids is 1. The van der Waals surface area contributed by atoms with Crippen molar-refractivity contribution in [3.05, 3.63) is 28.3 Å². The lowest BCUT2D eigenvalue weighted by Gasteiger charge is -2.34. The predicted octanol–water partition coefficient (Wildman–Crippen LogP) is 4.46. The molecule has 0 spiro atoms. The summed E-state index contributed by atoms with van der Waals surface area (Å²) in [5, 5.41) is 9.67. The molecular formula is C23H33Cl2N3O3. The van der Waals surface area contributed by atoms with E-state index in [9.17, 15) is 9.59 Å². The first-order chi connectivity index (χ1) is 14.4. The maximum Gasteiger partial charge on any atom is 0.324 e. The lowest BCUT2D eigenvalue weighted by molar-refractivity contribution is -0.137. The van der Waals surface area contributed by atoms with Crippen molar-refractivity contribution in [3.63, 3.8) is 0 Å². The highest BCUT2D eigenvalue weighted by Crippen LogP contribution is 2.35. The Balaban J connectivity index is 0.00000272. The predicted molar refractivity (Wildman–Crippen MR) is 126 cm³/mol. The molecule has 0 radical (unpaired) electrons. The van der Waals surface area contributed by atoms with Crippen molar-refractivity contribution in [3.8, 4) is 0 Å². The van der Waals surface area contributed by atoms with Gasteiger partial charge in [0.05, 0.1) is 0 Å². The number of carbonyl (C=O) groups is 2. The average Bonchev–Trinajstić information content (AvgIpc) is 3.00. The normalized spacial score (nSPS) is 24.5. The van der Waals surface area contributed by atoms with E-state index < -0.39 is 5.97 Å². The number of aliphatic carboxylic acids is 1. The van der Waals surface area contributed by atoms with Crippen LogP contribution < -0.4 is 4.90 Å².